The van der Waals surface area contributed by atoms with Crippen molar-refractivity contribution in [1.29, 1.82) is 0 Å². The van der Waals surface area contributed by atoms with E-state index in [1.807, 2.05) is 28.8 Å². The molecule has 4 nitrogen and oxygen atoms in total. The zero-order valence-electron chi connectivity index (χ0n) is 9.80. The fourth-order valence-electron chi connectivity index (χ4n) is 2.44. The van der Waals surface area contributed by atoms with Crippen LogP contribution in [0.25, 0.3) is 21.8 Å². The first kappa shape index (κ1) is 10.9. The molecule has 0 saturated carbocycles. The maximum Gasteiger partial charge on any atom is 0.139 e. The largest absolute Gasteiger partial charge is 0.506 e. The van der Waals surface area contributed by atoms with Gasteiger partial charge in [0, 0.05) is 22.8 Å². The smallest absolute Gasteiger partial charge is 0.139 e. The number of aliphatic hydroxyl groups is 1. The van der Waals surface area contributed by atoms with Gasteiger partial charge in [0.05, 0.1) is 17.8 Å². The Bertz CT molecular complexity index is 731. The van der Waals surface area contributed by atoms with E-state index >= 15 is 0 Å². The van der Waals surface area contributed by atoms with Gasteiger partial charge in [-0.25, -0.2) is 0 Å². The molecule has 0 saturated heterocycles. The molecule has 0 amide bonds. The monoisotopic (exact) mass is 242 g/mol. The van der Waals surface area contributed by atoms with E-state index in [0.29, 0.717) is 12.2 Å². The molecule has 1 aromatic heterocycles. The lowest BCUT2D eigenvalue weighted by atomic mass is 10.1. The van der Waals surface area contributed by atoms with Crippen LogP contribution in [0, 0.1) is 0 Å². The van der Waals surface area contributed by atoms with Gasteiger partial charge >= 0.3 is 0 Å². The van der Waals surface area contributed by atoms with Crippen LogP contribution in [0.4, 0.5) is 5.69 Å². The van der Waals surface area contributed by atoms with Crippen LogP contribution < -0.4 is 5.73 Å². The minimum absolute atomic E-state index is 0.0640. The van der Waals surface area contributed by atoms with Crippen molar-refractivity contribution in [2.75, 3.05) is 12.3 Å². The van der Waals surface area contributed by atoms with Crippen molar-refractivity contribution in [1.82, 2.24) is 4.57 Å². The number of phenolic OH excluding ortho intramolecular Hbond substituents is 1. The number of nitrogens with zero attached hydrogens (tertiary/aromatic N) is 1. The fourth-order valence-corrected chi connectivity index (χ4v) is 2.44. The van der Waals surface area contributed by atoms with E-state index in [2.05, 4.69) is 0 Å². The van der Waals surface area contributed by atoms with Crippen LogP contribution in [0.2, 0.25) is 0 Å². The SMILES string of the molecule is Nc1cc2c(cc1O)c1ccccc1n2CCO. The van der Waals surface area contributed by atoms with Gasteiger partial charge in [-0.1, -0.05) is 18.2 Å². The number of aromatic hydroxyl groups is 1. The molecule has 0 aliphatic rings. The summed E-state index contributed by atoms with van der Waals surface area (Å²) in [4.78, 5) is 0. The number of para-hydroxylation sites is 1. The van der Waals surface area contributed by atoms with Gasteiger partial charge in [-0.3, -0.25) is 0 Å². The number of aliphatic hydroxyl groups excluding tert-OH is 1. The molecular formula is C14H14N2O2. The molecule has 92 valence electrons. The standard InChI is InChI=1S/C14H14N2O2/c15-11-8-13-10(7-14(11)18)9-3-1-2-4-12(9)16(13)5-6-17/h1-4,7-8,17-18H,5-6,15H2. The second kappa shape index (κ2) is 3.92. The highest BCUT2D eigenvalue weighted by molar-refractivity contribution is 6.09. The number of rotatable bonds is 2. The maximum absolute atomic E-state index is 9.73. The quantitative estimate of drug-likeness (QED) is 0.476. The van der Waals surface area contributed by atoms with Crippen LogP contribution in [0.1, 0.15) is 0 Å². The van der Waals surface area contributed by atoms with Crippen molar-refractivity contribution < 1.29 is 10.2 Å². The second-order valence-corrected chi connectivity index (χ2v) is 4.32. The summed E-state index contributed by atoms with van der Waals surface area (Å²) in [6.45, 7) is 0.572. The summed E-state index contributed by atoms with van der Waals surface area (Å²) in [5.41, 5.74) is 8.06. The van der Waals surface area contributed by atoms with E-state index in [1.165, 1.54) is 0 Å². The third-order valence-corrected chi connectivity index (χ3v) is 3.24. The average Bonchev–Trinajstić information content (AvgIpc) is 2.66. The molecule has 3 rings (SSSR count). The average molecular weight is 242 g/mol. The molecule has 0 aliphatic heterocycles. The first-order valence-electron chi connectivity index (χ1n) is 5.82. The van der Waals surface area contributed by atoms with Crippen LogP contribution >= 0.6 is 0 Å². The van der Waals surface area contributed by atoms with Crippen molar-refractivity contribution >= 4 is 27.5 Å². The molecule has 3 aromatic rings. The van der Waals surface area contributed by atoms with Gasteiger partial charge in [0.2, 0.25) is 0 Å². The fraction of sp³-hybridized carbons (Fsp3) is 0.143. The Balaban J connectivity index is 2.49. The van der Waals surface area contributed by atoms with Gasteiger partial charge in [-0.2, -0.15) is 0 Å². The van der Waals surface area contributed by atoms with Gasteiger partial charge in [-0.15, -0.1) is 0 Å². The van der Waals surface area contributed by atoms with Crippen molar-refractivity contribution in [2.24, 2.45) is 0 Å². The molecule has 18 heavy (non-hydrogen) atoms. The zero-order chi connectivity index (χ0) is 12.7. The Labute approximate surface area is 104 Å². The van der Waals surface area contributed by atoms with Crippen LogP contribution in [0.3, 0.4) is 0 Å². The van der Waals surface area contributed by atoms with Gasteiger partial charge in [0.15, 0.2) is 0 Å². The van der Waals surface area contributed by atoms with Crippen molar-refractivity contribution in [3.63, 3.8) is 0 Å². The molecule has 4 heteroatoms. The van der Waals surface area contributed by atoms with Gasteiger partial charge in [0.1, 0.15) is 5.75 Å². The van der Waals surface area contributed by atoms with E-state index in [4.69, 9.17) is 5.73 Å². The number of hydrogen-bond donors (Lipinski definition) is 3. The van der Waals surface area contributed by atoms with Crippen molar-refractivity contribution in [3.05, 3.63) is 36.4 Å². The normalized spacial score (nSPS) is 11.4. The molecule has 0 bridgehead atoms. The van der Waals surface area contributed by atoms with Gasteiger partial charge in [0.25, 0.3) is 0 Å². The molecule has 0 unspecified atom stereocenters. The van der Waals surface area contributed by atoms with Gasteiger partial charge < -0.3 is 20.5 Å². The number of benzene rings is 2. The first-order valence-corrected chi connectivity index (χ1v) is 5.82. The third-order valence-electron chi connectivity index (χ3n) is 3.24. The maximum atomic E-state index is 9.73. The molecule has 1 heterocycles. The second-order valence-electron chi connectivity index (χ2n) is 4.32. The van der Waals surface area contributed by atoms with Crippen LogP contribution in [0.5, 0.6) is 5.75 Å². The number of aromatic nitrogens is 1. The van der Waals surface area contributed by atoms with E-state index in [9.17, 15) is 10.2 Å². The minimum Gasteiger partial charge on any atom is -0.506 e. The zero-order valence-corrected chi connectivity index (χ0v) is 9.80. The lowest BCUT2D eigenvalue weighted by molar-refractivity contribution is 0.280. The van der Waals surface area contributed by atoms with E-state index < -0.39 is 0 Å². The Kier molecular flexibility index (Phi) is 2.38. The lowest BCUT2D eigenvalue weighted by Crippen LogP contribution is -2.01. The molecule has 0 aliphatic carbocycles. The molecule has 0 atom stereocenters. The summed E-state index contributed by atoms with van der Waals surface area (Å²) >= 11 is 0. The number of nitrogen functional groups attached to an aromatic ring is 1. The predicted molar refractivity (Wildman–Crippen MR) is 72.6 cm³/mol. The van der Waals surface area contributed by atoms with Crippen molar-refractivity contribution in [3.8, 4) is 5.75 Å². The lowest BCUT2D eigenvalue weighted by Gasteiger charge is -2.05. The Morgan fingerprint density at radius 2 is 1.83 bits per heavy atom. The minimum atomic E-state index is 0.0640. The van der Waals surface area contributed by atoms with Crippen molar-refractivity contribution in [2.45, 2.75) is 6.54 Å². The third kappa shape index (κ3) is 1.43. The summed E-state index contributed by atoms with van der Waals surface area (Å²) in [7, 11) is 0. The number of phenols is 1. The van der Waals surface area contributed by atoms with Crippen LogP contribution in [0.15, 0.2) is 36.4 Å². The summed E-state index contributed by atoms with van der Waals surface area (Å²) < 4.78 is 2.01. The number of fused-ring (bicyclic) bond motifs is 3. The van der Waals surface area contributed by atoms with Gasteiger partial charge in [-0.05, 0) is 18.2 Å². The number of hydrogen-bond acceptors (Lipinski definition) is 3. The Hall–Kier alpha value is -2.20. The highest BCUT2D eigenvalue weighted by Crippen LogP contribution is 2.34. The molecule has 0 fully saturated rings. The van der Waals surface area contributed by atoms with Crippen LogP contribution in [-0.2, 0) is 6.54 Å². The molecule has 2 aromatic carbocycles. The topological polar surface area (TPSA) is 71.4 Å². The first-order chi connectivity index (χ1) is 8.72. The highest BCUT2D eigenvalue weighted by Gasteiger charge is 2.11. The highest BCUT2D eigenvalue weighted by atomic mass is 16.3. The van der Waals surface area contributed by atoms with E-state index in [-0.39, 0.29) is 12.4 Å². The number of anilines is 1. The molecule has 0 spiro atoms. The summed E-state index contributed by atoms with van der Waals surface area (Å²) in [6.07, 6.45) is 0. The number of nitrogens with two attached hydrogens (primary N) is 1. The molecule has 4 N–H and O–H groups in total. The summed E-state index contributed by atoms with van der Waals surface area (Å²) in [6, 6.07) is 11.3. The Morgan fingerprint density at radius 1 is 1.06 bits per heavy atom. The van der Waals surface area contributed by atoms with E-state index in [0.717, 1.165) is 21.8 Å². The summed E-state index contributed by atoms with van der Waals surface area (Å²) in [5.74, 6) is 0.0920. The van der Waals surface area contributed by atoms with Crippen LogP contribution in [-0.4, -0.2) is 21.4 Å². The predicted octanol–water partition coefficient (Wildman–Crippen LogP) is 2.07. The molecular weight excluding hydrogens is 228 g/mol. The molecule has 0 radical (unpaired) electrons. The van der Waals surface area contributed by atoms with E-state index in [1.54, 1.807) is 12.1 Å². The summed E-state index contributed by atoms with van der Waals surface area (Å²) in [5, 5.41) is 20.9. The Morgan fingerprint density at radius 3 is 2.61 bits per heavy atom.